The molecule has 33 heavy (non-hydrogen) atoms. The third-order valence-corrected chi connectivity index (χ3v) is 6.57. The van der Waals surface area contributed by atoms with E-state index in [-0.39, 0.29) is 6.04 Å². The molecule has 8 heteroatoms. The maximum absolute atomic E-state index is 6.66. The molecule has 0 spiro atoms. The van der Waals surface area contributed by atoms with Gasteiger partial charge in [-0.05, 0) is 42.0 Å². The molecular weight excluding hydrogens is 459 g/mol. The van der Waals surface area contributed by atoms with Gasteiger partial charge in [0, 0.05) is 26.7 Å². The Morgan fingerprint density at radius 3 is 2.64 bits per heavy atom. The van der Waals surface area contributed by atoms with Crippen molar-refractivity contribution < 1.29 is 9.47 Å². The van der Waals surface area contributed by atoms with E-state index in [1.54, 1.807) is 13.4 Å². The highest BCUT2D eigenvalue weighted by Gasteiger charge is 2.41. The molecule has 0 saturated carbocycles. The molecule has 2 aliphatic rings. The average molecular weight is 477 g/mol. The fourth-order valence-corrected chi connectivity index (χ4v) is 4.90. The van der Waals surface area contributed by atoms with Gasteiger partial charge in [-0.15, -0.1) is 0 Å². The van der Waals surface area contributed by atoms with Gasteiger partial charge in [-0.1, -0.05) is 53.5 Å². The van der Waals surface area contributed by atoms with Crippen LogP contribution in [-0.4, -0.2) is 21.9 Å². The number of hydrogen-bond donors (Lipinski definition) is 1. The van der Waals surface area contributed by atoms with Crippen molar-refractivity contribution in [1.82, 2.24) is 14.8 Å². The molecule has 1 N–H and O–H groups in total. The second-order valence-electron chi connectivity index (χ2n) is 7.82. The molecule has 6 rings (SSSR count). The summed E-state index contributed by atoms with van der Waals surface area (Å²) in [5, 5.41) is 9.25. The molecule has 2 aliphatic heterocycles. The lowest BCUT2D eigenvalue weighted by molar-refractivity contribution is 0.223. The van der Waals surface area contributed by atoms with Gasteiger partial charge in [-0.2, -0.15) is 10.1 Å². The number of nitrogens with one attached hydrogen (secondary N) is 1. The van der Waals surface area contributed by atoms with Gasteiger partial charge in [0.05, 0.1) is 12.8 Å². The zero-order valence-electron chi connectivity index (χ0n) is 17.5. The van der Waals surface area contributed by atoms with E-state index in [1.165, 1.54) is 0 Å². The number of hydrogen-bond acceptors (Lipinski definition) is 5. The van der Waals surface area contributed by atoms with Crippen LogP contribution in [0.3, 0.4) is 0 Å². The molecule has 3 heterocycles. The van der Waals surface area contributed by atoms with E-state index in [9.17, 15) is 0 Å². The Kier molecular flexibility index (Phi) is 4.78. The fraction of sp³-hybridized carbons (Fsp3) is 0.120. The van der Waals surface area contributed by atoms with Gasteiger partial charge >= 0.3 is 0 Å². The average Bonchev–Trinajstić information content (AvgIpc) is 3.31. The Morgan fingerprint density at radius 2 is 1.85 bits per heavy atom. The van der Waals surface area contributed by atoms with Crippen molar-refractivity contribution in [2.45, 2.75) is 12.1 Å². The molecule has 164 valence electrons. The van der Waals surface area contributed by atoms with Crippen molar-refractivity contribution in [3.05, 3.63) is 105 Å². The van der Waals surface area contributed by atoms with Crippen LogP contribution in [0.4, 0.5) is 5.95 Å². The summed E-state index contributed by atoms with van der Waals surface area (Å²) in [7, 11) is 1.65. The highest BCUT2D eigenvalue weighted by atomic mass is 35.5. The van der Waals surface area contributed by atoms with Crippen LogP contribution in [-0.2, 0) is 0 Å². The molecule has 0 unspecified atom stereocenters. The normalized spacial score (nSPS) is 18.5. The minimum atomic E-state index is -0.445. The number of benzene rings is 3. The number of nitrogens with zero attached hydrogens (tertiary/aromatic N) is 3. The minimum absolute atomic E-state index is 0.280. The smallest absolute Gasteiger partial charge is 0.226 e. The van der Waals surface area contributed by atoms with E-state index in [0.29, 0.717) is 16.0 Å². The minimum Gasteiger partial charge on any atom is -0.497 e. The maximum atomic E-state index is 6.66. The summed E-state index contributed by atoms with van der Waals surface area (Å²) >= 11 is 13.0. The first-order valence-electron chi connectivity index (χ1n) is 10.4. The molecule has 0 saturated heterocycles. The van der Waals surface area contributed by atoms with E-state index >= 15 is 0 Å². The molecule has 0 aliphatic carbocycles. The highest BCUT2D eigenvalue weighted by Crippen LogP contribution is 2.51. The Morgan fingerprint density at radius 1 is 1.03 bits per heavy atom. The molecule has 6 nitrogen and oxygen atoms in total. The van der Waals surface area contributed by atoms with Gasteiger partial charge in [0.15, 0.2) is 6.10 Å². The Labute approximate surface area is 200 Å². The van der Waals surface area contributed by atoms with Crippen LogP contribution in [0.5, 0.6) is 11.5 Å². The van der Waals surface area contributed by atoms with Crippen molar-refractivity contribution in [3.63, 3.8) is 0 Å². The first-order valence-corrected chi connectivity index (χ1v) is 11.1. The molecule has 0 radical (unpaired) electrons. The summed E-state index contributed by atoms with van der Waals surface area (Å²) in [6, 6.07) is 21.0. The second-order valence-corrected chi connectivity index (χ2v) is 8.66. The molecule has 0 fully saturated rings. The summed E-state index contributed by atoms with van der Waals surface area (Å²) in [4.78, 5) is 4.45. The lowest BCUT2D eigenvalue weighted by Gasteiger charge is -2.39. The predicted octanol–water partition coefficient (Wildman–Crippen LogP) is 6.15. The number of ether oxygens (including phenoxy) is 2. The number of halogens is 2. The Hall–Kier alpha value is -3.48. The molecule has 0 bridgehead atoms. The van der Waals surface area contributed by atoms with E-state index in [2.05, 4.69) is 15.4 Å². The van der Waals surface area contributed by atoms with Crippen LogP contribution >= 0.6 is 23.2 Å². The number of aromatic nitrogens is 3. The summed E-state index contributed by atoms with van der Waals surface area (Å²) < 4.78 is 13.8. The fourth-order valence-electron chi connectivity index (χ4n) is 4.49. The predicted molar refractivity (Wildman–Crippen MR) is 128 cm³/mol. The summed E-state index contributed by atoms with van der Waals surface area (Å²) in [5.74, 6) is 2.14. The summed E-state index contributed by atoms with van der Waals surface area (Å²) in [5.41, 5.74) is 4.62. The van der Waals surface area contributed by atoms with Gasteiger partial charge in [0.2, 0.25) is 5.95 Å². The third kappa shape index (κ3) is 3.25. The molecule has 1 aromatic heterocycles. The van der Waals surface area contributed by atoms with E-state index in [4.69, 9.17) is 32.7 Å². The standard InChI is InChI=1S/C25H18Cl2N4O2/c1-32-16-9-6-14(7-10-16)23-21-22(30-25-28-13-29-31(23)25)18-12-15(26)8-11-20(18)33-24(21)17-4-2-3-5-19(17)27/h2-13,23-24H,1H3,(H,28,29,30)/t23-,24+/m1/s1. The van der Waals surface area contributed by atoms with Gasteiger partial charge in [-0.3, -0.25) is 0 Å². The van der Waals surface area contributed by atoms with Gasteiger partial charge in [0.1, 0.15) is 23.9 Å². The number of fused-ring (bicyclic) bond motifs is 3. The maximum Gasteiger partial charge on any atom is 0.226 e. The second kappa shape index (κ2) is 7.83. The Bertz CT molecular complexity index is 1400. The molecule has 4 aromatic rings. The van der Waals surface area contributed by atoms with Crippen molar-refractivity contribution >= 4 is 34.8 Å². The molecule has 0 amide bonds. The van der Waals surface area contributed by atoms with Crippen molar-refractivity contribution in [1.29, 1.82) is 0 Å². The van der Waals surface area contributed by atoms with Gasteiger partial charge < -0.3 is 14.8 Å². The number of methoxy groups -OCH3 is 1. The zero-order chi connectivity index (χ0) is 22.5. The van der Waals surface area contributed by atoms with Crippen LogP contribution in [0.25, 0.3) is 5.70 Å². The third-order valence-electron chi connectivity index (χ3n) is 6.00. The van der Waals surface area contributed by atoms with Crippen LogP contribution in [0, 0.1) is 0 Å². The van der Waals surface area contributed by atoms with Crippen LogP contribution in [0.1, 0.15) is 28.8 Å². The first kappa shape index (κ1) is 20.1. The molecule has 2 atom stereocenters. The highest BCUT2D eigenvalue weighted by molar-refractivity contribution is 6.31. The molecule has 3 aromatic carbocycles. The lowest BCUT2D eigenvalue weighted by Crippen LogP contribution is -2.32. The lowest BCUT2D eigenvalue weighted by atomic mass is 9.84. The SMILES string of the molecule is COc1ccc([C@@H]2C3=C(Nc4ncnn42)c2cc(Cl)ccc2O[C@H]3c2ccccc2Cl)cc1. The van der Waals surface area contributed by atoms with Crippen molar-refractivity contribution in [2.24, 2.45) is 0 Å². The molecular formula is C25H18Cl2N4O2. The van der Waals surface area contributed by atoms with E-state index in [1.807, 2.05) is 71.4 Å². The topological polar surface area (TPSA) is 61.2 Å². The number of anilines is 1. The summed E-state index contributed by atoms with van der Waals surface area (Å²) in [6.45, 7) is 0. The monoisotopic (exact) mass is 476 g/mol. The van der Waals surface area contributed by atoms with Gasteiger partial charge in [0.25, 0.3) is 0 Å². The van der Waals surface area contributed by atoms with Crippen LogP contribution in [0.2, 0.25) is 10.0 Å². The quantitative estimate of drug-likeness (QED) is 0.383. The van der Waals surface area contributed by atoms with Crippen molar-refractivity contribution in [2.75, 3.05) is 12.4 Å². The van der Waals surface area contributed by atoms with Gasteiger partial charge in [-0.25, -0.2) is 4.68 Å². The van der Waals surface area contributed by atoms with Crippen LogP contribution in [0.15, 0.2) is 78.6 Å². The van der Waals surface area contributed by atoms with E-state index < -0.39 is 6.10 Å². The number of rotatable bonds is 3. The largest absolute Gasteiger partial charge is 0.497 e. The summed E-state index contributed by atoms with van der Waals surface area (Å²) in [6.07, 6.45) is 1.10. The first-order chi connectivity index (χ1) is 16.1. The Balaban J connectivity index is 1.63. The van der Waals surface area contributed by atoms with Crippen LogP contribution < -0.4 is 14.8 Å². The van der Waals surface area contributed by atoms with Crippen molar-refractivity contribution in [3.8, 4) is 11.5 Å². The van der Waals surface area contributed by atoms with E-state index in [0.717, 1.165) is 39.5 Å². The zero-order valence-corrected chi connectivity index (χ0v) is 19.0.